The molecule has 0 fully saturated rings. The molecule has 1 aliphatic heterocycles. The third-order valence-corrected chi connectivity index (χ3v) is 4.07. The number of hydrogen-bond acceptors (Lipinski definition) is 5. The van der Waals surface area contributed by atoms with E-state index in [1.54, 1.807) is 24.3 Å². The van der Waals surface area contributed by atoms with E-state index in [2.05, 4.69) is 4.99 Å². The fourth-order valence-electron chi connectivity index (χ4n) is 2.62. The number of amides is 2. The van der Waals surface area contributed by atoms with Gasteiger partial charge in [-0.2, -0.15) is 0 Å². The first kappa shape index (κ1) is 21.5. The molecule has 2 aromatic carbocycles. The molecule has 7 nitrogen and oxygen atoms in total. The molecule has 1 N–H and O–H groups in total. The number of imide groups is 1. The molecule has 0 atom stereocenters. The van der Waals surface area contributed by atoms with Crippen molar-refractivity contribution in [2.45, 2.75) is 19.4 Å². The van der Waals surface area contributed by atoms with Crippen LogP contribution in [-0.2, 0) is 4.79 Å². The fraction of sp³-hybridized carbons (Fsp3) is 0.158. The third-order valence-electron chi connectivity index (χ3n) is 4.07. The van der Waals surface area contributed by atoms with E-state index in [9.17, 15) is 19.5 Å². The Labute approximate surface area is 198 Å². The van der Waals surface area contributed by atoms with E-state index in [4.69, 9.17) is 5.11 Å². The SMILES string of the molecule is CC(C)(N=C([O-])c1ccccc1N1C(=O)c2ccccc2C1=O)C(=O)O.[K+]. The smallest absolute Gasteiger partial charge is 0.858 e. The van der Waals surface area contributed by atoms with Gasteiger partial charge in [0.25, 0.3) is 11.8 Å². The molecule has 2 amide bonds. The molecule has 0 aromatic heterocycles. The van der Waals surface area contributed by atoms with Crippen LogP contribution in [0.5, 0.6) is 0 Å². The van der Waals surface area contributed by atoms with Crippen LogP contribution in [0.4, 0.5) is 5.69 Å². The molecule has 2 aromatic rings. The molecular weight excluding hydrogens is 375 g/mol. The maximum absolute atomic E-state index is 12.6. The molecular formula is C19H15KN2O5. The largest absolute Gasteiger partial charge is 1.00 e. The van der Waals surface area contributed by atoms with E-state index in [1.807, 2.05) is 0 Å². The van der Waals surface area contributed by atoms with Gasteiger partial charge in [-0.1, -0.05) is 30.3 Å². The van der Waals surface area contributed by atoms with Crippen molar-refractivity contribution in [2.24, 2.45) is 4.99 Å². The van der Waals surface area contributed by atoms with E-state index >= 15 is 0 Å². The summed E-state index contributed by atoms with van der Waals surface area (Å²) in [6, 6.07) is 12.4. The van der Waals surface area contributed by atoms with Gasteiger partial charge in [-0.05, 0) is 37.9 Å². The molecule has 8 heteroatoms. The maximum Gasteiger partial charge on any atom is 1.00 e. The number of para-hydroxylation sites is 1. The summed E-state index contributed by atoms with van der Waals surface area (Å²) in [7, 11) is 0. The summed E-state index contributed by atoms with van der Waals surface area (Å²) < 4.78 is 0. The third kappa shape index (κ3) is 3.90. The van der Waals surface area contributed by atoms with Crippen LogP contribution in [0, 0.1) is 0 Å². The Morgan fingerprint density at radius 3 is 2.00 bits per heavy atom. The molecule has 0 aliphatic carbocycles. The van der Waals surface area contributed by atoms with Gasteiger partial charge < -0.3 is 10.2 Å². The second-order valence-electron chi connectivity index (χ2n) is 6.29. The first-order valence-electron chi connectivity index (χ1n) is 7.81. The topological polar surface area (TPSA) is 110 Å². The van der Waals surface area contributed by atoms with Crippen molar-refractivity contribution in [3.63, 3.8) is 0 Å². The number of carboxylic acids is 1. The van der Waals surface area contributed by atoms with Gasteiger partial charge in [-0.3, -0.25) is 14.6 Å². The first-order chi connectivity index (χ1) is 12.2. The van der Waals surface area contributed by atoms with Gasteiger partial charge in [0.2, 0.25) is 0 Å². The summed E-state index contributed by atoms with van der Waals surface area (Å²) in [5, 5.41) is 21.7. The minimum Gasteiger partial charge on any atom is -0.858 e. The number of hydrogen-bond donors (Lipinski definition) is 1. The van der Waals surface area contributed by atoms with Gasteiger partial charge in [0, 0.05) is 5.56 Å². The van der Waals surface area contributed by atoms with E-state index in [0.29, 0.717) is 0 Å². The molecule has 3 rings (SSSR count). The van der Waals surface area contributed by atoms with E-state index in [-0.39, 0.29) is 73.8 Å². The van der Waals surface area contributed by atoms with Crippen LogP contribution in [0.3, 0.4) is 0 Å². The molecule has 0 saturated heterocycles. The number of aliphatic carboxylic acids is 1. The van der Waals surface area contributed by atoms with E-state index < -0.39 is 29.2 Å². The van der Waals surface area contributed by atoms with Crippen LogP contribution < -0.4 is 61.4 Å². The van der Waals surface area contributed by atoms with Gasteiger partial charge >= 0.3 is 57.4 Å². The average molecular weight is 390 g/mol. The molecule has 1 aliphatic rings. The summed E-state index contributed by atoms with van der Waals surface area (Å²) in [6.07, 6.45) is 0. The molecule has 0 saturated carbocycles. The number of carbonyl (C=O) groups is 3. The van der Waals surface area contributed by atoms with Gasteiger partial charge in [0.05, 0.1) is 16.8 Å². The van der Waals surface area contributed by atoms with Gasteiger partial charge in [-0.25, -0.2) is 9.69 Å². The predicted molar refractivity (Wildman–Crippen MR) is 92.3 cm³/mol. The number of carbonyl (C=O) groups excluding carboxylic acids is 2. The zero-order valence-corrected chi connectivity index (χ0v) is 18.2. The zero-order valence-electron chi connectivity index (χ0n) is 15.1. The molecule has 132 valence electrons. The van der Waals surface area contributed by atoms with Crippen molar-refractivity contribution in [2.75, 3.05) is 4.90 Å². The quantitative estimate of drug-likeness (QED) is 0.295. The Balaban J connectivity index is 0.00000261. The monoisotopic (exact) mass is 390 g/mol. The second-order valence-corrected chi connectivity index (χ2v) is 6.29. The molecule has 27 heavy (non-hydrogen) atoms. The standard InChI is InChI=1S/C19H16N2O5.K/c1-19(2,18(25)26)20-15(22)13-9-5-6-10-14(13)21-16(23)11-7-3-4-8-12(11)17(21)24;/h3-10H,1-2H3,(H,20,22)(H,25,26);/q;+1/p-1. The van der Waals surface area contributed by atoms with Crippen LogP contribution in [0.2, 0.25) is 0 Å². The molecule has 1 heterocycles. The van der Waals surface area contributed by atoms with Crippen LogP contribution in [0.15, 0.2) is 53.5 Å². The molecule has 0 radical (unpaired) electrons. The number of nitrogens with zero attached hydrogens (tertiary/aromatic N) is 2. The minimum absolute atomic E-state index is 0. The zero-order chi connectivity index (χ0) is 19.1. The number of rotatable bonds is 4. The van der Waals surface area contributed by atoms with Crippen molar-refractivity contribution >= 4 is 29.4 Å². The maximum atomic E-state index is 12.6. The predicted octanol–water partition coefficient (Wildman–Crippen LogP) is -1.54. The summed E-state index contributed by atoms with van der Waals surface area (Å²) in [5.74, 6) is -3.15. The van der Waals surface area contributed by atoms with Crippen molar-refractivity contribution in [3.05, 3.63) is 65.2 Å². The number of fused-ring (bicyclic) bond motifs is 1. The van der Waals surface area contributed by atoms with Crippen LogP contribution >= 0.6 is 0 Å². The van der Waals surface area contributed by atoms with Crippen molar-refractivity contribution in [3.8, 4) is 0 Å². The second kappa shape index (κ2) is 8.03. The molecule has 0 unspecified atom stereocenters. The number of aliphatic imine (C=N–C) groups is 1. The van der Waals surface area contributed by atoms with Crippen LogP contribution in [0.25, 0.3) is 0 Å². The fourth-order valence-corrected chi connectivity index (χ4v) is 2.62. The van der Waals surface area contributed by atoms with Crippen molar-refractivity contribution < 1.29 is 76.0 Å². The molecule has 0 spiro atoms. The Bertz CT molecular complexity index is 933. The van der Waals surface area contributed by atoms with E-state index in [0.717, 1.165) is 4.90 Å². The first-order valence-corrected chi connectivity index (χ1v) is 7.81. The van der Waals surface area contributed by atoms with Gasteiger partial charge in [0.1, 0.15) is 0 Å². The summed E-state index contributed by atoms with van der Waals surface area (Å²) in [5.41, 5.74) is -1.07. The Morgan fingerprint density at radius 1 is 1.00 bits per heavy atom. The Morgan fingerprint density at radius 2 is 1.48 bits per heavy atom. The van der Waals surface area contributed by atoms with Crippen molar-refractivity contribution in [1.29, 1.82) is 0 Å². The van der Waals surface area contributed by atoms with Gasteiger partial charge in [0.15, 0.2) is 5.54 Å². The van der Waals surface area contributed by atoms with E-state index in [1.165, 1.54) is 38.1 Å². The Hall–Kier alpha value is -1.84. The molecule has 0 bridgehead atoms. The van der Waals surface area contributed by atoms with Crippen molar-refractivity contribution in [1.82, 2.24) is 0 Å². The average Bonchev–Trinajstić information content (AvgIpc) is 2.86. The number of anilines is 1. The summed E-state index contributed by atoms with van der Waals surface area (Å²) >= 11 is 0. The minimum atomic E-state index is -1.63. The Kier molecular flexibility index (Phi) is 6.38. The van der Waals surface area contributed by atoms with Crippen LogP contribution in [-0.4, -0.2) is 34.3 Å². The normalized spacial score (nSPS) is 14.0. The van der Waals surface area contributed by atoms with Crippen LogP contribution in [0.1, 0.15) is 40.1 Å². The number of carboxylic acid groups (broad SMARTS) is 1. The summed E-state index contributed by atoms with van der Waals surface area (Å²) in [4.78, 5) is 41.1. The van der Waals surface area contributed by atoms with Gasteiger partial charge in [-0.15, -0.1) is 0 Å². The number of benzene rings is 2. The summed E-state index contributed by atoms with van der Waals surface area (Å²) in [6.45, 7) is 2.58.